The number of nitrogens with one attached hydrogen (secondary N) is 1. The Morgan fingerprint density at radius 2 is 0.873 bits per heavy atom. The van der Waals surface area contributed by atoms with E-state index in [9.17, 15) is 35.1 Å². The monoisotopic (exact) mass is 1110 g/mol. The normalized spacial score (nSPS) is 19.3. The van der Waals surface area contributed by atoms with Crippen molar-refractivity contribution < 1.29 is 49.3 Å². The minimum atomic E-state index is -1.62. The second-order valence-corrected chi connectivity index (χ2v) is 22.5. The number of aliphatic hydroxyl groups is 5. The van der Waals surface area contributed by atoms with Gasteiger partial charge in [0.2, 0.25) is 5.91 Å². The number of amides is 1. The van der Waals surface area contributed by atoms with Crippen molar-refractivity contribution in [3.63, 3.8) is 0 Å². The number of hydrogen-bond acceptors (Lipinski definition) is 10. The van der Waals surface area contributed by atoms with Gasteiger partial charge in [-0.1, -0.05) is 254 Å². The van der Waals surface area contributed by atoms with Crippen LogP contribution in [0.3, 0.4) is 0 Å². The molecule has 0 aromatic heterocycles. The van der Waals surface area contributed by atoms with Crippen LogP contribution in [0.1, 0.15) is 284 Å². The van der Waals surface area contributed by atoms with Gasteiger partial charge in [-0.05, 0) is 96.3 Å². The molecule has 8 atom stereocenters. The van der Waals surface area contributed by atoms with E-state index in [1.807, 2.05) is 6.08 Å². The Morgan fingerprint density at radius 1 is 0.494 bits per heavy atom. The minimum Gasteiger partial charge on any atom is -0.454 e. The quantitative estimate of drug-likeness (QED) is 0.0195. The van der Waals surface area contributed by atoms with E-state index in [-0.39, 0.29) is 19.4 Å². The fraction of sp³-hybridized carbons (Fsp3) is 0.794. The average Bonchev–Trinajstić information content (AvgIpc) is 3.45. The Kier molecular flexibility index (Phi) is 52.2. The number of ether oxygens (including phenoxy) is 3. The molecule has 1 rings (SSSR count). The average molecular weight is 1110 g/mol. The van der Waals surface area contributed by atoms with Crippen LogP contribution < -0.4 is 5.32 Å². The highest BCUT2D eigenvalue weighted by molar-refractivity contribution is 5.80. The van der Waals surface area contributed by atoms with E-state index < -0.39 is 67.4 Å². The second kappa shape index (κ2) is 55.6. The smallest absolute Gasteiger partial charge is 0.306 e. The van der Waals surface area contributed by atoms with Gasteiger partial charge in [-0.3, -0.25) is 9.59 Å². The summed E-state index contributed by atoms with van der Waals surface area (Å²) >= 11 is 0. The van der Waals surface area contributed by atoms with Crippen molar-refractivity contribution in [3.05, 3.63) is 72.9 Å². The fourth-order valence-electron chi connectivity index (χ4n) is 9.86. The Hall–Kier alpha value is -2.90. The predicted octanol–water partition coefficient (Wildman–Crippen LogP) is 16.0. The number of allylic oxidation sites excluding steroid dienone is 11. The molecule has 1 aliphatic heterocycles. The second-order valence-electron chi connectivity index (χ2n) is 22.5. The number of carbonyl (C=O) groups excluding carboxylic acids is 2. The van der Waals surface area contributed by atoms with Crippen molar-refractivity contribution in [2.24, 2.45) is 0 Å². The molecule has 6 N–H and O–H groups in total. The van der Waals surface area contributed by atoms with Crippen LogP contribution in [-0.2, 0) is 23.8 Å². The molecule has 0 spiro atoms. The Morgan fingerprint density at radius 3 is 1.34 bits per heavy atom. The standard InChI is InChI=1S/C68H121NO10/c1-4-7-10-13-16-19-22-24-26-28-30-31-32-34-36-38-41-44-47-50-53-56-63(73)79-66-65(75)64(74)62(57-70)78-68(66)77-58-59(60(71)54-51-48-45-42-39-21-18-15-12-9-6-3)69-67(76)61(72)55-52-49-46-43-40-37-35-33-29-27-25-23-20-17-14-11-8-5-2/h17,20,24-27,33,35,40,43,51,54,59-62,64-66,68,70-72,74-75H,4-16,18-19,21-23,28-32,34,36-39,41-42,44-50,52-53,55-58H2,1-3H3,(H,69,76)/b20-17-,26-24+,27-25-,35-33-,43-40-,54-51+. The molecule has 0 aromatic rings. The van der Waals surface area contributed by atoms with E-state index in [0.717, 1.165) is 83.5 Å². The van der Waals surface area contributed by atoms with Crippen molar-refractivity contribution >= 4 is 11.9 Å². The third kappa shape index (κ3) is 43.5. The first-order chi connectivity index (χ1) is 38.7. The molecule has 458 valence electrons. The molecule has 0 radical (unpaired) electrons. The van der Waals surface area contributed by atoms with Crippen LogP contribution in [0.5, 0.6) is 0 Å². The molecule has 11 heteroatoms. The van der Waals surface area contributed by atoms with Crippen LogP contribution in [0.25, 0.3) is 0 Å². The molecule has 0 aromatic carbocycles. The van der Waals surface area contributed by atoms with E-state index in [2.05, 4.69) is 86.8 Å². The molecule has 1 heterocycles. The van der Waals surface area contributed by atoms with Crippen molar-refractivity contribution in [2.75, 3.05) is 13.2 Å². The summed E-state index contributed by atoms with van der Waals surface area (Å²) in [5, 5.41) is 57.0. The summed E-state index contributed by atoms with van der Waals surface area (Å²) < 4.78 is 17.6. The molecule has 11 nitrogen and oxygen atoms in total. The number of rotatable bonds is 55. The van der Waals surface area contributed by atoms with Crippen molar-refractivity contribution in [3.8, 4) is 0 Å². The summed E-state index contributed by atoms with van der Waals surface area (Å²) in [6, 6.07) is -1.04. The molecule has 0 bridgehead atoms. The van der Waals surface area contributed by atoms with Gasteiger partial charge >= 0.3 is 5.97 Å². The summed E-state index contributed by atoms with van der Waals surface area (Å²) in [4.78, 5) is 26.6. The van der Waals surface area contributed by atoms with Gasteiger partial charge in [-0.2, -0.15) is 0 Å². The predicted molar refractivity (Wildman–Crippen MR) is 329 cm³/mol. The zero-order chi connectivity index (χ0) is 57.5. The van der Waals surface area contributed by atoms with Crippen molar-refractivity contribution in [2.45, 2.75) is 333 Å². The first kappa shape index (κ1) is 74.1. The van der Waals surface area contributed by atoms with Gasteiger partial charge in [0, 0.05) is 6.42 Å². The lowest BCUT2D eigenvalue weighted by Crippen LogP contribution is -2.61. The number of esters is 1. The maximum atomic E-state index is 13.4. The fourth-order valence-corrected chi connectivity index (χ4v) is 9.86. The maximum absolute atomic E-state index is 13.4. The van der Waals surface area contributed by atoms with Gasteiger partial charge in [0.25, 0.3) is 0 Å². The Bertz CT molecular complexity index is 1560. The zero-order valence-corrected chi connectivity index (χ0v) is 50.7. The molecule has 1 fully saturated rings. The number of aliphatic hydroxyl groups excluding tert-OH is 5. The molecular formula is C68H121NO10. The SMILES string of the molecule is CCCCC/C=C\C/C=C\C/C=C\C/C=C\CCCCC(O)C(=O)NC(COC1OC(CO)C(O)C(O)C1OC(=O)CCCCCCCCCCCCC/C=C/CCCCCCCC)C(O)/C=C/CCCCCCCCCCC. The molecular weight excluding hydrogens is 991 g/mol. The maximum Gasteiger partial charge on any atom is 0.306 e. The third-order valence-electron chi connectivity index (χ3n) is 15.1. The molecule has 1 amide bonds. The first-order valence-corrected chi connectivity index (χ1v) is 32.7. The van der Waals surface area contributed by atoms with Gasteiger partial charge in [0.05, 0.1) is 25.4 Å². The van der Waals surface area contributed by atoms with Crippen LogP contribution in [-0.4, -0.2) is 99.6 Å². The third-order valence-corrected chi connectivity index (χ3v) is 15.1. The topological polar surface area (TPSA) is 175 Å². The lowest BCUT2D eigenvalue weighted by atomic mass is 9.99. The van der Waals surface area contributed by atoms with Gasteiger partial charge in [-0.25, -0.2) is 0 Å². The van der Waals surface area contributed by atoms with E-state index in [1.165, 1.54) is 154 Å². The lowest BCUT2D eigenvalue weighted by Gasteiger charge is -2.41. The first-order valence-electron chi connectivity index (χ1n) is 32.7. The highest BCUT2D eigenvalue weighted by atomic mass is 16.7. The highest BCUT2D eigenvalue weighted by Crippen LogP contribution is 2.26. The van der Waals surface area contributed by atoms with Crippen LogP contribution in [0.4, 0.5) is 0 Å². The van der Waals surface area contributed by atoms with Crippen molar-refractivity contribution in [1.29, 1.82) is 0 Å². The molecule has 0 aliphatic carbocycles. The number of unbranched alkanes of at least 4 members (excludes halogenated alkanes) is 31. The number of carbonyl (C=O) groups is 2. The molecule has 1 aliphatic rings. The largest absolute Gasteiger partial charge is 0.454 e. The van der Waals surface area contributed by atoms with E-state index in [0.29, 0.717) is 12.8 Å². The number of hydrogen-bond donors (Lipinski definition) is 6. The van der Waals surface area contributed by atoms with Crippen LogP contribution in [0, 0.1) is 0 Å². The van der Waals surface area contributed by atoms with Gasteiger partial charge < -0.3 is 45.1 Å². The molecule has 8 unspecified atom stereocenters. The highest BCUT2D eigenvalue weighted by Gasteiger charge is 2.47. The van der Waals surface area contributed by atoms with Gasteiger partial charge in [-0.15, -0.1) is 0 Å². The van der Waals surface area contributed by atoms with Gasteiger partial charge in [0.15, 0.2) is 12.4 Å². The summed E-state index contributed by atoms with van der Waals surface area (Å²) in [6.45, 7) is 5.74. The minimum absolute atomic E-state index is 0.117. The summed E-state index contributed by atoms with van der Waals surface area (Å²) in [5.74, 6) is -1.23. The summed E-state index contributed by atoms with van der Waals surface area (Å²) in [5.41, 5.74) is 0. The zero-order valence-electron chi connectivity index (χ0n) is 50.7. The molecule has 79 heavy (non-hydrogen) atoms. The summed E-state index contributed by atoms with van der Waals surface area (Å²) in [7, 11) is 0. The lowest BCUT2D eigenvalue weighted by molar-refractivity contribution is -0.305. The Labute approximate surface area is 483 Å². The van der Waals surface area contributed by atoms with Crippen molar-refractivity contribution in [1.82, 2.24) is 5.32 Å². The molecule has 1 saturated heterocycles. The van der Waals surface area contributed by atoms with E-state index >= 15 is 0 Å². The van der Waals surface area contributed by atoms with Crippen LogP contribution >= 0.6 is 0 Å². The van der Waals surface area contributed by atoms with E-state index in [1.54, 1.807) is 6.08 Å². The van der Waals surface area contributed by atoms with E-state index in [4.69, 9.17) is 14.2 Å². The summed E-state index contributed by atoms with van der Waals surface area (Å²) in [6.07, 6.45) is 60.8. The molecule has 0 saturated carbocycles. The Balaban J connectivity index is 2.65. The van der Waals surface area contributed by atoms with Crippen LogP contribution in [0.2, 0.25) is 0 Å². The van der Waals surface area contributed by atoms with Gasteiger partial charge in [0.1, 0.15) is 24.4 Å². The van der Waals surface area contributed by atoms with Crippen LogP contribution in [0.15, 0.2) is 72.9 Å².